The Kier molecular flexibility index (Phi) is 6.19. The third-order valence-electron chi connectivity index (χ3n) is 2.44. The average Bonchev–Trinajstić information content (AvgIpc) is 2.40. The van der Waals surface area contributed by atoms with E-state index in [2.05, 4.69) is 4.98 Å². The van der Waals surface area contributed by atoms with Gasteiger partial charge in [0.2, 0.25) is 5.39 Å². The minimum atomic E-state index is -6.00. The van der Waals surface area contributed by atoms with Crippen molar-refractivity contribution >= 4 is 24.5 Å². The number of halogens is 5. The second-order valence-corrected chi connectivity index (χ2v) is 4.40. The molecule has 0 atom stereocenters. The summed E-state index contributed by atoms with van der Waals surface area (Å²) in [7, 11) is -6.00. The van der Waals surface area contributed by atoms with Crippen LogP contribution in [0.3, 0.4) is 0 Å². The number of nitrogens with zero attached hydrogens (tertiary/aromatic N) is 2. The molecule has 2 aromatic carbocycles. The maximum atomic E-state index is 9.75. The van der Waals surface area contributed by atoms with Crippen LogP contribution in [0.1, 0.15) is 11.1 Å². The molecule has 8 heteroatoms. The highest BCUT2D eigenvalue weighted by molar-refractivity contribution is 6.50. The van der Waals surface area contributed by atoms with Gasteiger partial charge in [0, 0.05) is 17.5 Å². The van der Waals surface area contributed by atoms with Crippen LogP contribution < -0.4 is 0 Å². The molecule has 0 amide bonds. The highest BCUT2D eigenvalue weighted by Crippen LogP contribution is 2.25. The average molecular weight is 316 g/mol. The van der Waals surface area contributed by atoms with Crippen molar-refractivity contribution in [2.24, 2.45) is 0 Å². The quantitative estimate of drug-likeness (QED) is 0.396. The molecule has 2 rings (SSSR count). The van der Waals surface area contributed by atoms with Crippen LogP contribution in [0.5, 0.6) is 0 Å². The largest absolute Gasteiger partial charge is 0.673 e. The van der Waals surface area contributed by atoms with Crippen LogP contribution in [0.25, 0.3) is 4.98 Å². The van der Waals surface area contributed by atoms with Gasteiger partial charge in [0.05, 0.1) is 5.56 Å². The monoisotopic (exact) mass is 316 g/mol. The zero-order valence-electron chi connectivity index (χ0n) is 10.7. The van der Waals surface area contributed by atoms with Gasteiger partial charge in [0.1, 0.15) is 0 Å². The molecule has 0 N–H and O–H groups in total. The zero-order valence-corrected chi connectivity index (χ0v) is 11.4. The maximum Gasteiger partial charge on any atom is 0.673 e. The second kappa shape index (κ2) is 7.65. The molecule has 0 saturated carbocycles. The Morgan fingerprint density at radius 2 is 1.38 bits per heavy atom. The Hall–Kier alpha value is -2.07. The molecule has 2 nitrogen and oxygen atoms in total. The van der Waals surface area contributed by atoms with Crippen LogP contribution in [0, 0.1) is 5.39 Å². The van der Waals surface area contributed by atoms with Gasteiger partial charge in [0.15, 0.2) is 4.98 Å². The van der Waals surface area contributed by atoms with Gasteiger partial charge < -0.3 is 17.3 Å². The summed E-state index contributed by atoms with van der Waals surface area (Å²) in [5.74, 6) is 0. The minimum absolute atomic E-state index is 0.586. The molecule has 0 spiro atoms. The van der Waals surface area contributed by atoms with Gasteiger partial charge in [-0.2, -0.15) is 0 Å². The number of hydrogen-bond acceptors (Lipinski definition) is 1. The number of rotatable bonds is 2. The van der Waals surface area contributed by atoms with Crippen LogP contribution in [0.15, 0.2) is 48.5 Å². The zero-order chi connectivity index (χ0) is 15.9. The van der Waals surface area contributed by atoms with Crippen LogP contribution in [0.2, 0.25) is 5.02 Å². The second-order valence-electron chi connectivity index (χ2n) is 3.99. The minimum Gasteiger partial charge on any atom is -0.418 e. The molecule has 0 saturated heterocycles. The summed E-state index contributed by atoms with van der Waals surface area (Å²) in [6.07, 6.45) is 0.667. The van der Waals surface area contributed by atoms with E-state index >= 15 is 0 Å². The van der Waals surface area contributed by atoms with E-state index in [-0.39, 0.29) is 0 Å². The molecule has 0 aromatic heterocycles. The molecule has 2 aromatic rings. The molecule has 0 unspecified atom stereocenters. The molecule has 0 fully saturated rings. The fourth-order valence-electron chi connectivity index (χ4n) is 1.60. The molecule has 0 aliphatic rings. The highest BCUT2D eigenvalue weighted by Gasteiger charge is 2.20. The molecule has 110 valence electrons. The SMILES string of the molecule is F[B-](F)(F)F.N#[N+]c1ccccc1Cc1ccccc1Cl. The van der Waals surface area contributed by atoms with E-state index in [0.717, 1.165) is 16.1 Å². The van der Waals surface area contributed by atoms with E-state index in [1.54, 1.807) is 6.07 Å². The summed E-state index contributed by atoms with van der Waals surface area (Å²) in [5.41, 5.74) is 2.57. The molecule has 0 aliphatic heterocycles. The fraction of sp³-hybridized carbons (Fsp3) is 0.0769. The van der Waals surface area contributed by atoms with Gasteiger partial charge in [-0.1, -0.05) is 48.0 Å². The molecule has 21 heavy (non-hydrogen) atoms. The van der Waals surface area contributed by atoms with Crippen LogP contribution in [-0.4, -0.2) is 7.25 Å². The smallest absolute Gasteiger partial charge is 0.418 e. The molecular formula is C13H10BClF4N2. The molecule has 0 heterocycles. The summed E-state index contributed by atoms with van der Waals surface area (Å²) in [5, 5.41) is 9.59. The van der Waals surface area contributed by atoms with Crippen molar-refractivity contribution in [2.75, 3.05) is 0 Å². The number of diazo groups is 1. The van der Waals surface area contributed by atoms with Crippen molar-refractivity contribution in [3.05, 3.63) is 69.7 Å². The van der Waals surface area contributed by atoms with E-state index in [0.29, 0.717) is 12.1 Å². The summed E-state index contributed by atoms with van der Waals surface area (Å²) in [6, 6.07) is 15.1. The van der Waals surface area contributed by atoms with Crippen molar-refractivity contribution in [3.63, 3.8) is 0 Å². The molecule has 0 bridgehead atoms. The highest BCUT2D eigenvalue weighted by atomic mass is 35.5. The topological polar surface area (TPSA) is 28.1 Å². The third-order valence-corrected chi connectivity index (χ3v) is 2.81. The first kappa shape index (κ1) is 17.0. The summed E-state index contributed by atoms with van der Waals surface area (Å²) >= 11 is 6.08. The number of hydrogen-bond donors (Lipinski definition) is 0. The van der Waals surface area contributed by atoms with Crippen LogP contribution in [-0.2, 0) is 6.42 Å². The van der Waals surface area contributed by atoms with Gasteiger partial charge in [0.25, 0.3) is 0 Å². The van der Waals surface area contributed by atoms with Gasteiger partial charge in [-0.05, 0) is 11.6 Å². The van der Waals surface area contributed by atoms with Crippen molar-refractivity contribution in [1.82, 2.24) is 0 Å². The first-order valence-electron chi connectivity index (χ1n) is 5.85. The third kappa shape index (κ3) is 6.77. The summed E-state index contributed by atoms with van der Waals surface area (Å²) in [6.45, 7) is 0. The van der Waals surface area contributed by atoms with Gasteiger partial charge in [-0.25, -0.2) is 0 Å². The van der Waals surface area contributed by atoms with Crippen LogP contribution in [0.4, 0.5) is 23.0 Å². The lowest BCUT2D eigenvalue weighted by Gasteiger charge is -2.01. The Bertz CT molecular complexity index is 635. The van der Waals surface area contributed by atoms with Crippen molar-refractivity contribution in [1.29, 1.82) is 5.39 Å². The lowest BCUT2D eigenvalue weighted by atomic mass is 10.0. The predicted molar refractivity (Wildman–Crippen MR) is 75.6 cm³/mol. The van der Waals surface area contributed by atoms with Gasteiger partial charge in [-0.15, -0.1) is 0 Å². The molecule has 0 radical (unpaired) electrons. The van der Waals surface area contributed by atoms with Crippen LogP contribution >= 0.6 is 11.6 Å². The maximum absolute atomic E-state index is 9.75. The summed E-state index contributed by atoms with van der Waals surface area (Å²) < 4.78 is 39.0. The van der Waals surface area contributed by atoms with Crippen molar-refractivity contribution in [3.8, 4) is 0 Å². The Morgan fingerprint density at radius 1 is 0.905 bits per heavy atom. The normalized spacial score (nSPS) is 10.3. The van der Waals surface area contributed by atoms with E-state index in [4.69, 9.17) is 17.0 Å². The Labute approximate surface area is 124 Å². The van der Waals surface area contributed by atoms with Crippen molar-refractivity contribution < 1.29 is 17.3 Å². The standard InChI is InChI=1S/C13H10ClN2.BF4/c14-12-7-3-1-5-10(12)9-11-6-2-4-8-13(11)16-15;2-1(3,4)5/h1-8H,9H2;/q+1;-1. The van der Waals surface area contributed by atoms with E-state index in [1.165, 1.54) is 0 Å². The van der Waals surface area contributed by atoms with E-state index < -0.39 is 7.25 Å². The van der Waals surface area contributed by atoms with E-state index in [9.17, 15) is 17.3 Å². The Balaban J connectivity index is 0.000000383. The predicted octanol–water partition coefficient (Wildman–Crippen LogP) is 5.72. The van der Waals surface area contributed by atoms with Crippen molar-refractivity contribution in [2.45, 2.75) is 6.42 Å². The fourth-order valence-corrected chi connectivity index (χ4v) is 1.81. The first-order chi connectivity index (χ1) is 9.81. The first-order valence-corrected chi connectivity index (χ1v) is 6.23. The van der Waals surface area contributed by atoms with Gasteiger partial charge >= 0.3 is 12.9 Å². The van der Waals surface area contributed by atoms with Gasteiger partial charge in [-0.3, -0.25) is 0 Å². The molecular weight excluding hydrogens is 306 g/mol. The Morgan fingerprint density at radius 3 is 1.90 bits per heavy atom. The van der Waals surface area contributed by atoms with E-state index in [1.807, 2.05) is 42.5 Å². The lowest BCUT2D eigenvalue weighted by molar-refractivity contribution is 0.368. The lowest BCUT2D eigenvalue weighted by Crippen LogP contribution is -2.02. The molecule has 0 aliphatic carbocycles. The summed E-state index contributed by atoms with van der Waals surface area (Å²) in [4.78, 5) is 3.25. The number of benzene rings is 2.